The van der Waals surface area contributed by atoms with E-state index in [1.165, 1.54) is 4.68 Å². The number of aromatic nitrogens is 3. The molecule has 0 N–H and O–H groups in total. The highest BCUT2D eigenvalue weighted by Crippen LogP contribution is 2.39. The molecule has 8 heteroatoms. The molecule has 0 atom stereocenters. The van der Waals surface area contributed by atoms with Crippen LogP contribution in [0.4, 0.5) is 5.69 Å². The van der Waals surface area contributed by atoms with Gasteiger partial charge in [0, 0.05) is 22.7 Å². The number of carbonyl (C=O) groups excluding carboxylic acids is 2. The lowest BCUT2D eigenvalue weighted by Gasteiger charge is -2.16. The zero-order valence-electron chi connectivity index (χ0n) is 19.8. The van der Waals surface area contributed by atoms with Crippen LogP contribution in [0, 0.1) is 6.92 Å². The van der Waals surface area contributed by atoms with E-state index in [-0.39, 0.29) is 16.8 Å². The molecule has 0 saturated heterocycles. The number of nitrogens with zero attached hydrogens (tertiary/aromatic N) is 4. The molecule has 0 bridgehead atoms. The van der Waals surface area contributed by atoms with Crippen molar-refractivity contribution in [3.8, 4) is 11.6 Å². The summed E-state index contributed by atoms with van der Waals surface area (Å²) in [5.41, 5.74) is 2.66. The number of amides is 2. The van der Waals surface area contributed by atoms with Gasteiger partial charge in [0.15, 0.2) is 12.4 Å². The van der Waals surface area contributed by atoms with E-state index < -0.39 is 17.7 Å². The van der Waals surface area contributed by atoms with Crippen molar-refractivity contribution >= 4 is 40.4 Å². The second-order valence-corrected chi connectivity index (χ2v) is 8.99. The van der Waals surface area contributed by atoms with Gasteiger partial charge >= 0.3 is 5.91 Å². The van der Waals surface area contributed by atoms with Crippen LogP contribution in [-0.4, -0.2) is 21.6 Å². The van der Waals surface area contributed by atoms with E-state index in [0.717, 1.165) is 10.5 Å². The second-order valence-electron chi connectivity index (χ2n) is 8.56. The first-order valence-electron chi connectivity index (χ1n) is 11.6. The Morgan fingerprint density at radius 2 is 1.67 bits per heavy atom. The smallest absolute Gasteiger partial charge is 0.331 e. The molecule has 0 aliphatic carbocycles. The van der Waals surface area contributed by atoms with Gasteiger partial charge in [-0.3, -0.25) is 9.59 Å². The molecule has 1 aliphatic heterocycles. The van der Waals surface area contributed by atoms with E-state index >= 15 is 0 Å². The summed E-state index contributed by atoms with van der Waals surface area (Å²) < 4.78 is 2.83. The molecule has 4 aromatic rings. The lowest BCUT2D eigenvalue weighted by molar-refractivity contribution is -0.576. The number of aryl methyl sites for hydroxylation is 2. The Balaban J connectivity index is 1.76. The first-order chi connectivity index (χ1) is 17.4. The lowest BCUT2D eigenvalue weighted by Crippen LogP contribution is -2.39. The summed E-state index contributed by atoms with van der Waals surface area (Å²) in [6, 6.07) is 19.2. The number of rotatable bonds is 6. The Morgan fingerprint density at radius 1 is 0.944 bits per heavy atom. The van der Waals surface area contributed by atoms with Crippen molar-refractivity contribution in [1.29, 1.82) is 0 Å². The Kier molecular flexibility index (Phi) is 6.16. The summed E-state index contributed by atoms with van der Waals surface area (Å²) in [6.07, 6.45) is 4.53. The molecular weight excluding hydrogens is 476 g/mol. The van der Waals surface area contributed by atoms with Crippen LogP contribution in [0.2, 0.25) is 5.02 Å². The number of carbonyl (C=O) groups is 2. The number of hydrogen-bond acceptors (Lipinski definition) is 4. The predicted octanol–water partition coefficient (Wildman–Crippen LogP) is 4.09. The van der Waals surface area contributed by atoms with E-state index in [9.17, 15) is 14.7 Å². The first-order valence-corrected chi connectivity index (χ1v) is 12.0. The molecule has 0 fully saturated rings. The zero-order valence-corrected chi connectivity index (χ0v) is 20.6. The summed E-state index contributed by atoms with van der Waals surface area (Å²) >= 11 is 6.16. The summed E-state index contributed by atoms with van der Waals surface area (Å²) in [4.78, 5) is 28.8. The average molecular weight is 499 g/mol. The summed E-state index contributed by atoms with van der Waals surface area (Å²) in [6.45, 7) is 3.89. The SMILES string of the molecule is CCCc1nn(-c2cccc(Cl)c2)c([O-])c1C1=C([n+]2ccccc2)C(=O)N(c2ccc(C)cc2)C1=O. The van der Waals surface area contributed by atoms with Crippen molar-refractivity contribution in [1.82, 2.24) is 9.78 Å². The number of benzene rings is 2. The fourth-order valence-electron chi connectivity index (χ4n) is 4.35. The maximum Gasteiger partial charge on any atom is 0.331 e. The van der Waals surface area contributed by atoms with Crippen LogP contribution < -0.4 is 14.6 Å². The molecule has 0 saturated carbocycles. The fourth-order valence-corrected chi connectivity index (χ4v) is 4.53. The van der Waals surface area contributed by atoms with Crippen LogP contribution in [0.3, 0.4) is 0 Å². The zero-order chi connectivity index (χ0) is 25.4. The van der Waals surface area contributed by atoms with Gasteiger partial charge in [0.25, 0.3) is 11.6 Å². The Hall–Kier alpha value is -4.23. The minimum atomic E-state index is -0.560. The summed E-state index contributed by atoms with van der Waals surface area (Å²) in [5.74, 6) is -1.54. The van der Waals surface area contributed by atoms with Gasteiger partial charge in [0.05, 0.1) is 17.1 Å². The minimum Gasteiger partial charge on any atom is -0.858 e. The van der Waals surface area contributed by atoms with Gasteiger partial charge < -0.3 is 5.11 Å². The van der Waals surface area contributed by atoms with Gasteiger partial charge in [-0.05, 0) is 49.6 Å². The monoisotopic (exact) mass is 498 g/mol. The van der Waals surface area contributed by atoms with Gasteiger partial charge in [0.2, 0.25) is 0 Å². The predicted molar refractivity (Wildman–Crippen MR) is 135 cm³/mol. The van der Waals surface area contributed by atoms with Crippen LogP contribution in [-0.2, 0) is 16.0 Å². The maximum atomic E-state index is 13.9. The van der Waals surface area contributed by atoms with Gasteiger partial charge in [-0.25, -0.2) is 9.58 Å². The van der Waals surface area contributed by atoms with Crippen molar-refractivity contribution in [2.24, 2.45) is 0 Å². The number of imide groups is 1. The third kappa shape index (κ3) is 3.97. The number of hydrogen-bond donors (Lipinski definition) is 0. The van der Waals surface area contributed by atoms with Crippen molar-refractivity contribution < 1.29 is 19.3 Å². The summed E-state index contributed by atoms with van der Waals surface area (Å²) in [5, 5.41) is 18.8. The van der Waals surface area contributed by atoms with E-state index in [1.807, 2.05) is 32.0 Å². The molecule has 3 heterocycles. The molecule has 0 unspecified atom stereocenters. The van der Waals surface area contributed by atoms with Gasteiger partial charge in [-0.1, -0.05) is 54.8 Å². The largest absolute Gasteiger partial charge is 0.858 e. The molecule has 1 aliphatic rings. The normalized spacial score (nSPS) is 13.7. The van der Waals surface area contributed by atoms with Crippen LogP contribution in [0.1, 0.15) is 30.2 Å². The van der Waals surface area contributed by atoms with Gasteiger partial charge in [0.1, 0.15) is 5.57 Å². The van der Waals surface area contributed by atoms with Crippen LogP contribution in [0.5, 0.6) is 5.88 Å². The number of halogens is 1. The molecule has 7 nitrogen and oxygen atoms in total. The first kappa shape index (κ1) is 23.5. The number of pyridine rings is 1. The van der Waals surface area contributed by atoms with Crippen LogP contribution in [0.25, 0.3) is 17.0 Å². The van der Waals surface area contributed by atoms with Crippen molar-refractivity contribution in [3.63, 3.8) is 0 Å². The van der Waals surface area contributed by atoms with Gasteiger partial charge in [-0.2, -0.15) is 9.67 Å². The molecule has 36 heavy (non-hydrogen) atoms. The van der Waals surface area contributed by atoms with Gasteiger partial charge in [-0.15, -0.1) is 0 Å². The Bertz CT molecular complexity index is 1510. The highest BCUT2D eigenvalue weighted by Gasteiger charge is 2.47. The van der Waals surface area contributed by atoms with Crippen LogP contribution in [0.15, 0.2) is 79.1 Å². The Labute approximate surface area is 213 Å². The summed E-state index contributed by atoms with van der Waals surface area (Å²) in [7, 11) is 0. The molecule has 0 spiro atoms. The maximum absolute atomic E-state index is 13.9. The van der Waals surface area contributed by atoms with Crippen molar-refractivity contribution in [2.45, 2.75) is 26.7 Å². The van der Waals surface area contributed by atoms with E-state index in [1.54, 1.807) is 65.5 Å². The van der Waals surface area contributed by atoms with E-state index in [4.69, 9.17) is 11.6 Å². The minimum absolute atomic E-state index is 0.0403. The van der Waals surface area contributed by atoms with Crippen LogP contribution >= 0.6 is 11.6 Å². The molecular formula is C28H23ClN4O3. The third-order valence-electron chi connectivity index (χ3n) is 6.03. The Morgan fingerprint density at radius 3 is 2.33 bits per heavy atom. The molecule has 2 aromatic heterocycles. The van der Waals surface area contributed by atoms with Crippen molar-refractivity contribution in [3.05, 3.63) is 101 Å². The average Bonchev–Trinajstić information content (AvgIpc) is 3.32. The van der Waals surface area contributed by atoms with E-state index in [0.29, 0.717) is 34.9 Å². The molecule has 2 amide bonds. The van der Waals surface area contributed by atoms with Crippen molar-refractivity contribution in [2.75, 3.05) is 4.90 Å². The lowest BCUT2D eigenvalue weighted by atomic mass is 10.0. The number of anilines is 1. The molecule has 2 aromatic carbocycles. The fraction of sp³-hybridized carbons (Fsp3) is 0.143. The highest BCUT2D eigenvalue weighted by molar-refractivity contribution is 6.53. The standard InChI is InChI=1S/C28H23ClN4O3/c1-3-8-22-23(27(35)33(30-22)21-10-7-9-19(29)17-21)24-25(31-15-5-4-6-16-31)28(36)32(26(24)34)20-13-11-18(2)12-14-20/h4-7,9-17H,3,8H2,1-2H3. The quantitative estimate of drug-likeness (QED) is 0.296. The molecule has 180 valence electrons. The highest BCUT2D eigenvalue weighted by atomic mass is 35.5. The second kappa shape index (κ2) is 9.43. The molecule has 5 rings (SSSR count). The third-order valence-corrected chi connectivity index (χ3v) is 6.27. The molecule has 0 radical (unpaired) electrons. The topological polar surface area (TPSA) is 82.1 Å². The van der Waals surface area contributed by atoms with E-state index in [2.05, 4.69) is 5.10 Å².